The van der Waals surface area contributed by atoms with Crippen LogP contribution in [0.25, 0.3) is 0 Å². The molecule has 0 aliphatic rings. The highest BCUT2D eigenvalue weighted by atomic mass is 35.5. The average molecular weight is 494 g/mol. The van der Waals surface area contributed by atoms with Crippen molar-refractivity contribution >= 4 is 44.0 Å². The van der Waals surface area contributed by atoms with Crippen LogP contribution >= 0.6 is 22.9 Å². The van der Waals surface area contributed by atoms with Gasteiger partial charge in [-0.05, 0) is 35.9 Å². The number of alkyl halides is 3. The van der Waals surface area contributed by atoms with Crippen molar-refractivity contribution in [2.45, 2.75) is 17.6 Å². The monoisotopic (exact) mass is 493 g/mol. The molecule has 0 saturated heterocycles. The van der Waals surface area contributed by atoms with E-state index in [0.717, 1.165) is 41.7 Å². The van der Waals surface area contributed by atoms with Crippen molar-refractivity contribution in [2.75, 3.05) is 4.72 Å². The van der Waals surface area contributed by atoms with E-state index >= 15 is 0 Å². The maximum Gasteiger partial charge on any atom is 0.416 e. The average Bonchev–Trinajstić information content (AvgIpc) is 3.09. The zero-order valence-electron chi connectivity index (χ0n) is 15.2. The van der Waals surface area contributed by atoms with Gasteiger partial charge in [-0.25, -0.2) is 17.8 Å². The van der Waals surface area contributed by atoms with E-state index in [1.165, 1.54) is 18.3 Å². The van der Waals surface area contributed by atoms with Gasteiger partial charge in [-0.15, -0.1) is 0 Å². The summed E-state index contributed by atoms with van der Waals surface area (Å²) in [7, 11) is -4.30. The van der Waals surface area contributed by atoms with Crippen LogP contribution < -0.4 is 10.0 Å². The number of benzene rings is 2. The van der Waals surface area contributed by atoms with Crippen molar-refractivity contribution < 1.29 is 30.8 Å². The summed E-state index contributed by atoms with van der Waals surface area (Å²) in [6.45, 7) is -0.106. The van der Waals surface area contributed by atoms with Crippen molar-refractivity contribution in [2.24, 2.45) is 0 Å². The number of nitrogens with one attached hydrogen (secondary N) is 2. The fourth-order valence-corrected chi connectivity index (χ4v) is 4.54. The molecule has 0 bridgehead atoms. The minimum Gasteiger partial charge on any atom is -0.348 e. The molecule has 31 heavy (non-hydrogen) atoms. The summed E-state index contributed by atoms with van der Waals surface area (Å²) < 4.78 is 79.0. The van der Waals surface area contributed by atoms with E-state index in [4.69, 9.17) is 11.6 Å². The summed E-state index contributed by atoms with van der Waals surface area (Å²) in [4.78, 5) is 15.2. The van der Waals surface area contributed by atoms with Crippen LogP contribution in [0.4, 0.5) is 22.7 Å². The largest absolute Gasteiger partial charge is 0.416 e. The Hall–Kier alpha value is -2.70. The van der Waals surface area contributed by atoms with Crippen molar-refractivity contribution in [3.8, 4) is 0 Å². The number of thiazole rings is 1. The van der Waals surface area contributed by atoms with Crippen molar-refractivity contribution in [1.82, 2.24) is 10.3 Å². The molecule has 1 heterocycles. The minimum absolute atomic E-state index is 0.0530. The number of nitrogens with zero attached hydrogens (tertiary/aromatic N) is 1. The summed E-state index contributed by atoms with van der Waals surface area (Å²) >= 11 is 6.52. The molecule has 0 fully saturated rings. The number of sulfonamides is 1. The van der Waals surface area contributed by atoms with Crippen LogP contribution in [0, 0.1) is 5.82 Å². The second-order valence-corrected chi connectivity index (χ2v) is 9.41. The first kappa shape index (κ1) is 23.0. The number of carbonyl (C=O) groups excluding carboxylic acids is 1. The number of hydrogen-bond acceptors (Lipinski definition) is 5. The standard InChI is InChI=1S/C18H12ClF4N3O3S2/c19-15-9-25-17(30-15)26-31(28,29)14-6-3-11(7-13(14)20)16(27)24-8-10-1-4-12(5-2-10)18(21,22)23/h1-7,9H,8H2,(H,24,27)(H,25,26). The lowest BCUT2D eigenvalue weighted by molar-refractivity contribution is -0.137. The summed E-state index contributed by atoms with van der Waals surface area (Å²) in [5.41, 5.74) is -0.594. The Kier molecular flexibility index (Phi) is 6.53. The van der Waals surface area contributed by atoms with Gasteiger partial charge in [0, 0.05) is 12.1 Å². The van der Waals surface area contributed by atoms with Gasteiger partial charge < -0.3 is 5.32 Å². The fraction of sp³-hybridized carbons (Fsp3) is 0.111. The zero-order valence-corrected chi connectivity index (χ0v) is 17.6. The molecule has 0 aliphatic heterocycles. The van der Waals surface area contributed by atoms with Gasteiger partial charge in [0.25, 0.3) is 15.9 Å². The van der Waals surface area contributed by atoms with E-state index < -0.39 is 38.4 Å². The lowest BCUT2D eigenvalue weighted by atomic mass is 10.1. The Bertz CT molecular complexity index is 1210. The summed E-state index contributed by atoms with van der Waals surface area (Å²) in [5, 5.41) is 2.37. The number of halogens is 5. The van der Waals surface area contributed by atoms with Crippen LogP contribution in [0.15, 0.2) is 53.6 Å². The van der Waals surface area contributed by atoms with E-state index in [-0.39, 0.29) is 21.6 Å². The molecule has 0 radical (unpaired) electrons. The maximum absolute atomic E-state index is 14.4. The molecule has 0 spiro atoms. The van der Waals surface area contributed by atoms with Gasteiger partial charge in [0.15, 0.2) is 5.13 Å². The van der Waals surface area contributed by atoms with Crippen LogP contribution in [0.2, 0.25) is 4.34 Å². The van der Waals surface area contributed by atoms with E-state index in [0.29, 0.717) is 5.56 Å². The Morgan fingerprint density at radius 1 is 1.13 bits per heavy atom. The Balaban J connectivity index is 1.68. The number of aromatic nitrogens is 1. The third kappa shape index (κ3) is 5.71. The molecule has 0 aliphatic carbocycles. The number of rotatable bonds is 6. The summed E-state index contributed by atoms with van der Waals surface area (Å²) in [6.07, 6.45) is -3.24. The topological polar surface area (TPSA) is 88.2 Å². The van der Waals surface area contributed by atoms with E-state index in [1.807, 2.05) is 0 Å². The van der Waals surface area contributed by atoms with Crippen LogP contribution in [-0.2, 0) is 22.7 Å². The zero-order chi connectivity index (χ0) is 22.8. The molecule has 0 atom stereocenters. The van der Waals surface area contributed by atoms with Gasteiger partial charge in [0.1, 0.15) is 15.0 Å². The predicted octanol–water partition coefficient (Wildman–Crippen LogP) is 4.69. The van der Waals surface area contributed by atoms with Crippen LogP contribution in [-0.4, -0.2) is 19.3 Å². The molecule has 0 unspecified atom stereocenters. The summed E-state index contributed by atoms with van der Waals surface area (Å²) in [5.74, 6) is -1.90. The Morgan fingerprint density at radius 3 is 2.35 bits per heavy atom. The normalized spacial score (nSPS) is 11.9. The van der Waals surface area contributed by atoms with E-state index in [2.05, 4.69) is 15.0 Å². The summed E-state index contributed by atoms with van der Waals surface area (Å²) in [6, 6.07) is 6.93. The third-order valence-electron chi connectivity index (χ3n) is 3.92. The number of anilines is 1. The van der Waals surface area contributed by atoms with Gasteiger partial charge in [0.05, 0.1) is 11.8 Å². The highest BCUT2D eigenvalue weighted by molar-refractivity contribution is 7.93. The minimum atomic E-state index is -4.47. The number of carbonyl (C=O) groups is 1. The quantitative estimate of drug-likeness (QED) is 0.488. The van der Waals surface area contributed by atoms with Gasteiger partial charge in [-0.3, -0.25) is 9.52 Å². The molecule has 1 amide bonds. The first-order chi connectivity index (χ1) is 14.5. The predicted molar refractivity (Wildman–Crippen MR) is 107 cm³/mol. The molecule has 3 aromatic rings. The van der Waals surface area contributed by atoms with Gasteiger partial charge in [0.2, 0.25) is 0 Å². The molecular weight excluding hydrogens is 482 g/mol. The van der Waals surface area contributed by atoms with E-state index in [1.54, 1.807) is 0 Å². The molecule has 3 rings (SSSR count). The lowest BCUT2D eigenvalue weighted by Crippen LogP contribution is -2.23. The first-order valence-electron chi connectivity index (χ1n) is 8.34. The molecular formula is C18H12ClF4N3O3S2. The highest BCUT2D eigenvalue weighted by Crippen LogP contribution is 2.29. The van der Waals surface area contributed by atoms with E-state index in [9.17, 15) is 30.8 Å². The molecule has 0 saturated carbocycles. The van der Waals surface area contributed by atoms with Gasteiger partial charge in [-0.2, -0.15) is 13.2 Å². The molecule has 1 aromatic heterocycles. The molecule has 2 N–H and O–H groups in total. The smallest absolute Gasteiger partial charge is 0.348 e. The molecule has 164 valence electrons. The molecule has 6 nitrogen and oxygen atoms in total. The van der Waals surface area contributed by atoms with Crippen molar-refractivity contribution in [1.29, 1.82) is 0 Å². The van der Waals surface area contributed by atoms with Crippen LogP contribution in [0.5, 0.6) is 0 Å². The van der Waals surface area contributed by atoms with Crippen molar-refractivity contribution in [3.05, 3.63) is 75.5 Å². The molecule has 13 heteroatoms. The van der Waals surface area contributed by atoms with Crippen LogP contribution in [0.1, 0.15) is 21.5 Å². The number of amides is 1. The Morgan fingerprint density at radius 2 is 1.81 bits per heavy atom. The number of hydrogen-bond donors (Lipinski definition) is 2. The lowest BCUT2D eigenvalue weighted by Gasteiger charge is -2.10. The Labute approximate surface area is 182 Å². The van der Waals surface area contributed by atoms with Crippen molar-refractivity contribution in [3.63, 3.8) is 0 Å². The molecule has 2 aromatic carbocycles. The first-order valence-corrected chi connectivity index (χ1v) is 11.0. The van der Waals surface area contributed by atoms with Crippen LogP contribution in [0.3, 0.4) is 0 Å². The SMILES string of the molecule is O=C(NCc1ccc(C(F)(F)F)cc1)c1ccc(S(=O)(=O)Nc2ncc(Cl)s2)c(F)c1. The second kappa shape index (κ2) is 8.81. The highest BCUT2D eigenvalue weighted by Gasteiger charge is 2.30. The second-order valence-electron chi connectivity index (χ2n) is 6.10. The van der Waals surface area contributed by atoms with Gasteiger partial charge in [-0.1, -0.05) is 35.1 Å². The third-order valence-corrected chi connectivity index (χ3v) is 6.45. The van der Waals surface area contributed by atoms with Gasteiger partial charge >= 0.3 is 6.18 Å². The fourth-order valence-electron chi connectivity index (χ4n) is 2.43. The maximum atomic E-state index is 14.4.